The summed E-state index contributed by atoms with van der Waals surface area (Å²) in [6, 6.07) is 0.908. The van der Waals surface area contributed by atoms with Crippen LogP contribution in [-0.2, 0) is 0 Å². The summed E-state index contributed by atoms with van der Waals surface area (Å²) >= 11 is 5.77. The number of carbonyl (C=O) groups excluding carboxylic acids is 1. The molecule has 2 N–H and O–H groups in total. The average Bonchev–Trinajstić information content (AvgIpc) is 2.87. The summed E-state index contributed by atoms with van der Waals surface area (Å²) in [7, 11) is 0. The van der Waals surface area contributed by atoms with E-state index in [1.165, 1.54) is 38.1 Å². The highest BCUT2D eigenvalue weighted by atomic mass is 35.5. The van der Waals surface area contributed by atoms with Crippen LogP contribution >= 0.6 is 11.6 Å². The lowest BCUT2D eigenvalue weighted by Crippen LogP contribution is -2.47. The fraction of sp³-hybridized carbons (Fsp3) is 0.722. The van der Waals surface area contributed by atoms with Crippen molar-refractivity contribution in [2.24, 2.45) is 0 Å². The number of nitrogens with zero attached hydrogens (tertiary/aromatic N) is 2. The molecule has 1 aromatic heterocycles. The highest BCUT2D eigenvalue weighted by molar-refractivity contribution is 6.30. The van der Waals surface area contributed by atoms with Crippen molar-refractivity contribution in [3.8, 4) is 6.01 Å². The zero-order chi connectivity index (χ0) is 17.5. The molecule has 2 aliphatic carbocycles. The second-order valence-electron chi connectivity index (χ2n) is 7.08. The second-order valence-corrected chi connectivity index (χ2v) is 7.52. The van der Waals surface area contributed by atoms with Gasteiger partial charge in [-0.15, -0.1) is 0 Å². The Hall–Kier alpha value is -1.56. The van der Waals surface area contributed by atoms with Crippen molar-refractivity contribution < 1.29 is 9.53 Å². The topological polar surface area (TPSA) is 76.1 Å². The van der Waals surface area contributed by atoms with E-state index in [-0.39, 0.29) is 18.2 Å². The molecule has 6 nitrogen and oxygen atoms in total. The molecule has 0 aromatic carbocycles. The molecule has 0 saturated heterocycles. The van der Waals surface area contributed by atoms with Gasteiger partial charge in [0.1, 0.15) is 6.10 Å². The first-order chi connectivity index (χ1) is 12.2. The summed E-state index contributed by atoms with van der Waals surface area (Å²) in [6.07, 6.45) is 14.0. The van der Waals surface area contributed by atoms with Crippen LogP contribution < -0.4 is 15.4 Å². The van der Waals surface area contributed by atoms with E-state index in [4.69, 9.17) is 16.3 Å². The van der Waals surface area contributed by atoms with Crippen LogP contribution in [0, 0.1) is 0 Å². The predicted molar refractivity (Wildman–Crippen MR) is 96.9 cm³/mol. The van der Waals surface area contributed by atoms with E-state index >= 15 is 0 Å². The minimum Gasteiger partial charge on any atom is -0.460 e. The third kappa shape index (κ3) is 6.03. The number of amides is 2. The first-order valence-electron chi connectivity index (χ1n) is 9.40. The minimum atomic E-state index is -0.0164. The molecule has 0 bridgehead atoms. The summed E-state index contributed by atoms with van der Waals surface area (Å²) in [4.78, 5) is 20.3. The standard InChI is InChI=1S/C18H27ClN4O2/c19-13-11-20-18(21-12-13)25-16-9-7-15(8-10-16)23-17(24)22-14-5-3-1-2-4-6-14/h11-12,14-16H,1-10H2,(H2,22,23,24). The molecule has 0 atom stereocenters. The zero-order valence-electron chi connectivity index (χ0n) is 14.5. The molecule has 2 aliphatic rings. The van der Waals surface area contributed by atoms with Crippen molar-refractivity contribution in [1.29, 1.82) is 0 Å². The number of urea groups is 1. The number of hydrogen-bond donors (Lipinski definition) is 2. The largest absolute Gasteiger partial charge is 0.460 e. The normalized spacial score (nSPS) is 25.0. The summed E-state index contributed by atoms with van der Waals surface area (Å²) in [5, 5.41) is 6.77. The SMILES string of the molecule is O=C(NC1CCCCCC1)NC1CCC(Oc2ncc(Cl)cn2)CC1. The van der Waals surface area contributed by atoms with Crippen molar-refractivity contribution in [2.75, 3.05) is 0 Å². The van der Waals surface area contributed by atoms with Gasteiger partial charge >= 0.3 is 12.0 Å². The van der Waals surface area contributed by atoms with Gasteiger partial charge in [-0.1, -0.05) is 37.3 Å². The Morgan fingerprint density at radius 1 is 0.920 bits per heavy atom. The van der Waals surface area contributed by atoms with Crippen molar-refractivity contribution in [3.05, 3.63) is 17.4 Å². The number of halogens is 1. The third-order valence-corrected chi connectivity index (χ3v) is 5.26. The van der Waals surface area contributed by atoms with E-state index in [0.29, 0.717) is 17.1 Å². The Balaban J connectivity index is 1.37. The second kappa shape index (κ2) is 9.22. The maximum atomic E-state index is 12.2. The van der Waals surface area contributed by atoms with E-state index in [1.54, 1.807) is 0 Å². The minimum absolute atomic E-state index is 0.0164. The first kappa shape index (κ1) is 18.2. The molecule has 0 spiro atoms. The number of rotatable bonds is 4. The molecule has 3 rings (SSSR count). The van der Waals surface area contributed by atoms with Crippen LogP contribution in [0.15, 0.2) is 12.4 Å². The van der Waals surface area contributed by atoms with Crippen LogP contribution in [0.25, 0.3) is 0 Å². The van der Waals surface area contributed by atoms with Gasteiger partial charge in [0.2, 0.25) is 0 Å². The molecule has 138 valence electrons. The van der Waals surface area contributed by atoms with E-state index in [0.717, 1.165) is 38.5 Å². The molecule has 0 radical (unpaired) electrons. The quantitative estimate of drug-likeness (QED) is 0.794. The Bertz CT molecular complexity index is 539. The summed E-state index contributed by atoms with van der Waals surface area (Å²) in [6.45, 7) is 0. The molecule has 7 heteroatoms. The van der Waals surface area contributed by atoms with Gasteiger partial charge in [0, 0.05) is 12.1 Å². The summed E-state index contributed by atoms with van der Waals surface area (Å²) in [5.74, 6) is 0. The summed E-state index contributed by atoms with van der Waals surface area (Å²) < 4.78 is 5.79. The van der Waals surface area contributed by atoms with Gasteiger partial charge in [-0.2, -0.15) is 0 Å². The maximum Gasteiger partial charge on any atom is 0.316 e. The van der Waals surface area contributed by atoms with Gasteiger partial charge in [0.15, 0.2) is 0 Å². The van der Waals surface area contributed by atoms with E-state index in [2.05, 4.69) is 20.6 Å². The molecule has 1 aromatic rings. The molecule has 2 amide bonds. The Kier molecular flexibility index (Phi) is 6.73. The first-order valence-corrected chi connectivity index (χ1v) is 9.78. The molecule has 25 heavy (non-hydrogen) atoms. The van der Waals surface area contributed by atoms with Gasteiger partial charge in [0.05, 0.1) is 17.4 Å². The number of aromatic nitrogens is 2. The molecular weight excluding hydrogens is 340 g/mol. The van der Waals surface area contributed by atoms with E-state index < -0.39 is 0 Å². The van der Waals surface area contributed by atoms with Crippen molar-refractivity contribution in [1.82, 2.24) is 20.6 Å². The molecule has 2 fully saturated rings. The third-order valence-electron chi connectivity index (χ3n) is 5.07. The Morgan fingerprint density at radius 2 is 1.48 bits per heavy atom. The highest BCUT2D eigenvalue weighted by Gasteiger charge is 2.25. The van der Waals surface area contributed by atoms with Crippen LogP contribution in [0.4, 0.5) is 4.79 Å². The lowest BCUT2D eigenvalue weighted by molar-refractivity contribution is 0.128. The molecule has 1 heterocycles. The van der Waals surface area contributed by atoms with Crippen molar-refractivity contribution in [2.45, 2.75) is 82.4 Å². The fourth-order valence-electron chi connectivity index (χ4n) is 3.67. The van der Waals surface area contributed by atoms with Crippen molar-refractivity contribution in [3.63, 3.8) is 0 Å². The van der Waals surface area contributed by atoms with Crippen LogP contribution in [0.2, 0.25) is 5.02 Å². The van der Waals surface area contributed by atoms with Gasteiger partial charge in [-0.3, -0.25) is 0 Å². The van der Waals surface area contributed by atoms with Gasteiger partial charge in [0.25, 0.3) is 0 Å². The Labute approximate surface area is 154 Å². The van der Waals surface area contributed by atoms with E-state index in [9.17, 15) is 4.79 Å². The Morgan fingerprint density at radius 3 is 2.08 bits per heavy atom. The number of ether oxygens (including phenoxy) is 1. The van der Waals surface area contributed by atoms with Crippen LogP contribution in [0.3, 0.4) is 0 Å². The van der Waals surface area contributed by atoms with Gasteiger partial charge in [-0.25, -0.2) is 14.8 Å². The van der Waals surface area contributed by atoms with Crippen LogP contribution in [0.1, 0.15) is 64.2 Å². The smallest absolute Gasteiger partial charge is 0.316 e. The fourth-order valence-corrected chi connectivity index (χ4v) is 3.77. The van der Waals surface area contributed by atoms with Gasteiger partial charge in [-0.05, 0) is 38.5 Å². The number of hydrogen-bond acceptors (Lipinski definition) is 4. The maximum absolute atomic E-state index is 12.2. The monoisotopic (exact) mass is 366 g/mol. The molecular formula is C18H27ClN4O2. The molecule has 0 aliphatic heterocycles. The highest BCUT2D eigenvalue weighted by Crippen LogP contribution is 2.23. The number of nitrogens with one attached hydrogen (secondary N) is 2. The molecule has 0 unspecified atom stereocenters. The van der Waals surface area contributed by atoms with Gasteiger partial charge < -0.3 is 15.4 Å². The van der Waals surface area contributed by atoms with E-state index in [1.807, 2.05) is 0 Å². The number of carbonyl (C=O) groups is 1. The lowest BCUT2D eigenvalue weighted by Gasteiger charge is -2.29. The molecule has 2 saturated carbocycles. The van der Waals surface area contributed by atoms with Crippen LogP contribution in [0.5, 0.6) is 6.01 Å². The van der Waals surface area contributed by atoms with Crippen LogP contribution in [-0.4, -0.2) is 34.2 Å². The lowest BCUT2D eigenvalue weighted by atomic mass is 9.93. The summed E-state index contributed by atoms with van der Waals surface area (Å²) in [5.41, 5.74) is 0. The average molecular weight is 367 g/mol. The van der Waals surface area contributed by atoms with Crippen molar-refractivity contribution >= 4 is 17.6 Å². The predicted octanol–water partition coefficient (Wildman–Crippen LogP) is 3.84. The zero-order valence-corrected chi connectivity index (χ0v) is 15.3.